The molecule has 0 spiro atoms. The third-order valence-electron chi connectivity index (χ3n) is 2.59. The van der Waals surface area contributed by atoms with Gasteiger partial charge in [-0.05, 0) is 11.4 Å². The molecule has 1 aromatic heterocycles. The molecule has 0 saturated carbocycles. The van der Waals surface area contributed by atoms with Crippen molar-refractivity contribution < 1.29 is 14.3 Å². The lowest BCUT2D eigenvalue weighted by atomic mass is 10.2. The number of ether oxygens (including phenoxy) is 2. The molecule has 88 valence electrons. The van der Waals surface area contributed by atoms with E-state index in [-0.39, 0.29) is 18.1 Å². The van der Waals surface area contributed by atoms with E-state index in [0.717, 1.165) is 4.88 Å². The summed E-state index contributed by atoms with van der Waals surface area (Å²) in [7, 11) is 1.64. The molecule has 2 atom stereocenters. The van der Waals surface area contributed by atoms with Gasteiger partial charge in [-0.15, -0.1) is 11.3 Å². The minimum Gasteiger partial charge on any atom is -0.377 e. The van der Waals surface area contributed by atoms with Crippen molar-refractivity contribution >= 4 is 17.2 Å². The lowest BCUT2D eigenvalue weighted by Gasteiger charge is -2.17. The van der Waals surface area contributed by atoms with Crippen molar-refractivity contribution in [1.29, 1.82) is 0 Å². The third kappa shape index (κ3) is 2.81. The Morgan fingerprint density at radius 2 is 2.56 bits per heavy atom. The highest BCUT2D eigenvalue weighted by Gasteiger charge is 2.29. The van der Waals surface area contributed by atoms with E-state index in [9.17, 15) is 4.79 Å². The fraction of sp³-hybridized carbons (Fsp3) is 0.545. The minimum absolute atomic E-state index is 0.0162. The Morgan fingerprint density at radius 3 is 3.25 bits per heavy atom. The summed E-state index contributed by atoms with van der Waals surface area (Å²) in [6.07, 6.45) is 0.414. The van der Waals surface area contributed by atoms with Crippen LogP contribution in [0, 0.1) is 0 Å². The molecule has 1 saturated heterocycles. The fourth-order valence-electron chi connectivity index (χ4n) is 1.73. The van der Waals surface area contributed by atoms with Crippen molar-refractivity contribution in [3.05, 3.63) is 22.4 Å². The van der Waals surface area contributed by atoms with Crippen molar-refractivity contribution in [3.63, 3.8) is 0 Å². The molecule has 0 radical (unpaired) electrons. The number of rotatable bonds is 4. The monoisotopic (exact) mass is 241 g/mol. The Hall–Kier alpha value is -0.910. The minimum atomic E-state index is -0.0210. The predicted molar refractivity (Wildman–Crippen MR) is 61.6 cm³/mol. The van der Waals surface area contributed by atoms with Crippen LogP contribution in [0.25, 0.3) is 0 Å². The normalized spacial score (nSPS) is 24.6. The second-order valence-electron chi connectivity index (χ2n) is 3.74. The highest BCUT2D eigenvalue weighted by molar-refractivity contribution is 7.10. The smallest absolute Gasteiger partial charge is 0.225 e. The van der Waals surface area contributed by atoms with Crippen molar-refractivity contribution in [2.45, 2.75) is 18.6 Å². The van der Waals surface area contributed by atoms with E-state index in [1.807, 2.05) is 17.5 Å². The average molecular weight is 241 g/mol. The number of thiophene rings is 1. The van der Waals surface area contributed by atoms with Gasteiger partial charge < -0.3 is 14.8 Å². The molecule has 16 heavy (non-hydrogen) atoms. The van der Waals surface area contributed by atoms with E-state index in [2.05, 4.69) is 5.32 Å². The van der Waals surface area contributed by atoms with Gasteiger partial charge in [0.1, 0.15) is 6.10 Å². The maximum Gasteiger partial charge on any atom is 0.225 e. The van der Waals surface area contributed by atoms with E-state index in [1.54, 1.807) is 18.4 Å². The van der Waals surface area contributed by atoms with E-state index < -0.39 is 0 Å². The van der Waals surface area contributed by atoms with Gasteiger partial charge >= 0.3 is 0 Å². The van der Waals surface area contributed by atoms with Gasteiger partial charge in [-0.3, -0.25) is 4.79 Å². The van der Waals surface area contributed by atoms with Gasteiger partial charge in [0, 0.05) is 12.0 Å². The molecule has 2 heterocycles. The molecule has 0 aromatic carbocycles. The molecule has 1 N–H and O–H groups in total. The van der Waals surface area contributed by atoms with Gasteiger partial charge in [-0.25, -0.2) is 0 Å². The highest BCUT2D eigenvalue weighted by atomic mass is 32.1. The van der Waals surface area contributed by atoms with Crippen molar-refractivity contribution in [2.75, 3.05) is 20.3 Å². The molecule has 0 aliphatic carbocycles. The number of amides is 1. The number of nitrogens with one attached hydrogen (secondary N) is 1. The molecule has 1 aromatic rings. The summed E-state index contributed by atoms with van der Waals surface area (Å²) in [6, 6.07) is 3.89. The Bertz CT molecular complexity index is 339. The first kappa shape index (κ1) is 11.6. The van der Waals surface area contributed by atoms with E-state index in [0.29, 0.717) is 19.6 Å². The van der Waals surface area contributed by atoms with Crippen LogP contribution in [0.4, 0.5) is 0 Å². The molecule has 1 aliphatic rings. The Morgan fingerprint density at radius 1 is 1.69 bits per heavy atom. The van der Waals surface area contributed by atoms with Crippen molar-refractivity contribution in [3.8, 4) is 0 Å². The van der Waals surface area contributed by atoms with Crippen LogP contribution in [0.2, 0.25) is 0 Å². The average Bonchev–Trinajstić information content (AvgIpc) is 2.88. The zero-order chi connectivity index (χ0) is 11.4. The summed E-state index contributed by atoms with van der Waals surface area (Å²) in [5.74, 6) is 0.0278. The van der Waals surface area contributed by atoms with Gasteiger partial charge in [0.05, 0.1) is 25.7 Å². The van der Waals surface area contributed by atoms with Crippen LogP contribution in [0.5, 0.6) is 0 Å². The van der Waals surface area contributed by atoms with Gasteiger partial charge in [0.15, 0.2) is 0 Å². The molecule has 0 bridgehead atoms. The number of hydrogen-bond donors (Lipinski definition) is 1. The quantitative estimate of drug-likeness (QED) is 0.849. The third-order valence-corrected chi connectivity index (χ3v) is 3.47. The van der Waals surface area contributed by atoms with E-state index >= 15 is 0 Å². The Labute approximate surface area is 98.6 Å². The maximum absolute atomic E-state index is 11.7. The number of methoxy groups -OCH3 is 1. The van der Waals surface area contributed by atoms with E-state index in [1.165, 1.54) is 0 Å². The van der Waals surface area contributed by atoms with Gasteiger partial charge in [0.25, 0.3) is 0 Å². The second kappa shape index (κ2) is 5.43. The molecule has 2 rings (SSSR count). The molecule has 5 heteroatoms. The lowest BCUT2D eigenvalue weighted by Crippen LogP contribution is -2.43. The molecule has 1 amide bonds. The number of carbonyl (C=O) groups excluding carboxylic acids is 1. The Balaban J connectivity index is 1.83. The summed E-state index contributed by atoms with van der Waals surface area (Å²) in [5, 5.41) is 4.91. The van der Waals surface area contributed by atoms with Gasteiger partial charge in [0.2, 0.25) is 5.91 Å². The summed E-state index contributed by atoms with van der Waals surface area (Å²) in [6.45, 7) is 1.09. The molecular weight excluding hydrogens is 226 g/mol. The summed E-state index contributed by atoms with van der Waals surface area (Å²) >= 11 is 1.59. The summed E-state index contributed by atoms with van der Waals surface area (Å²) < 4.78 is 10.5. The highest BCUT2D eigenvalue weighted by Crippen LogP contribution is 2.11. The van der Waals surface area contributed by atoms with Crippen molar-refractivity contribution in [2.24, 2.45) is 0 Å². The molecule has 0 unspecified atom stereocenters. The van der Waals surface area contributed by atoms with Gasteiger partial charge in [-0.2, -0.15) is 0 Å². The largest absolute Gasteiger partial charge is 0.377 e. The summed E-state index contributed by atoms with van der Waals surface area (Å²) in [5.41, 5.74) is 0. The number of hydrogen-bond acceptors (Lipinski definition) is 4. The topological polar surface area (TPSA) is 47.6 Å². The maximum atomic E-state index is 11.7. The van der Waals surface area contributed by atoms with Crippen LogP contribution in [0.3, 0.4) is 0 Å². The van der Waals surface area contributed by atoms with Crippen LogP contribution in [-0.4, -0.2) is 38.4 Å². The standard InChI is InChI=1S/C11H15NO3S/c1-14-10-7-15-6-9(10)12-11(13)5-8-3-2-4-16-8/h2-4,9-10H,5-7H2,1H3,(H,12,13)/t9-,10-/m0/s1. The number of carbonyl (C=O) groups is 1. The van der Waals surface area contributed by atoms with Crippen LogP contribution >= 0.6 is 11.3 Å². The van der Waals surface area contributed by atoms with Crippen LogP contribution in [0.15, 0.2) is 17.5 Å². The fourth-order valence-corrected chi connectivity index (χ4v) is 2.43. The second-order valence-corrected chi connectivity index (χ2v) is 4.77. The lowest BCUT2D eigenvalue weighted by molar-refractivity contribution is -0.121. The van der Waals surface area contributed by atoms with Crippen LogP contribution in [-0.2, 0) is 20.7 Å². The summed E-state index contributed by atoms with van der Waals surface area (Å²) in [4.78, 5) is 12.8. The van der Waals surface area contributed by atoms with Crippen molar-refractivity contribution in [1.82, 2.24) is 5.32 Å². The first-order valence-corrected chi connectivity index (χ1v) is 6.10. The van der Waals surface area contributed by atoms with E-state index in [4.69, 9.17) is 9.47 Å². The van der Waals surface area contributed by atoms with Crippen LogP contribution < -0.4 is 5.32 Å². The molecular formula is C11H15NO3S. The SMILES string of the molecule is CO[C@H]1COC[C@@H]1NC(=O)Cc1cccs1. The Kier molecular flexibility index (Phi) is 3.93. The zero-order valence-corrected chi connectivity index (χ0v) is 9.96. The molecule has 1 fully saturated rings. The van der Waals surface area contributed by atoms with Crippen LogP contribution in [0.1, 0.15) is 4.88 Å². The van der Waals surface area contributed by atoms with Gasteiger partial charge in [-0.1, -0.05) is 6.07 Å². The first-order valence-electron chi connectivity index (χ1n) is 5.22. The predicted octanol–water partition coefficient (Wildman–Crippen LogP) is 0.821. The molecule has 4 nitrogen and oxygen atoms in total. The first-order chi connectivity index (χ1) is 7.79. The molecule has 1 aliphatic heterocycles. The zero-order valence-electron chi connectivity index (χ0n) is 9.14.